The molecule has 0 saturated carbocycles. The van der Waals surface area contributed by atoms with Gasteiger partial charge in [-0.1, -0.05) is 48.9 Å². The van der Waals surface area contributed by atoms with Crippen LogP contribution in [0.3, 0.4) is 0 Å². The van der Waals surface area contributed by atoms with Gasteiger partial charge in [0.1, 0.15) is 5.52 Å². The summed E-state index contributed by atoms with van der Waals surface area (Å²) in [6.45, 7) is 6.34. The maximum atomic E-state index is 13.4. The first kappa shape index (κ1) is 19.2. The molecule has 0 aliphatic heterocycles. The van der Waals surface area contributed by atoms with Crippen LogP contribution in [0, 0.1) is 13.8 Å². The molecule has 0 aliphatic carbocycles. The van der Waals surface area contributed by atoms with Crippen LogP contribution in [0.4, 0.5) is 0 Å². The van der Waals surface area contributed by atoms with Gasteiger partial charge >= 0.3 is 0 Å². The highest BCUT2D eigenvalue weighted by Crippen LogP contribution is 2.27. The van der Waals surface area contributed by atoms with Gasteiger partial charge in [0.15, 0.2) is 11.5 Å². The summed E-state index contributed by atoms with van der Waals surface area (Å²) in [5, 5.41) is 6.38. The SMILES string of the molecule is CCc1ccc2c(-c3cccc(C)c3)nn(Cc3ccc4nc(C)oc4c3)c(=O)c2c1. The van der Waals surface area contributed by atoms with Gasteiger partial charge in [0.2, 0.25) is 0 Å². The van der Waals surface area contributed by atoms with E-state index in [1.54, 1.807) is 4.68 Å². The van der Waals surface area contributed by atoms with E-state index in [4.69, 9.17) is 9.52 Å². The van der Waals surface area contributed by atoms with Gasteiger partial charge in [-0.15, -0.1) is 0 Å². The molecular formula is C26H23N3O2. The van der Waals surface area contributed by atoms with Gasteiger partial charge < -0.3 is 4.42 Å². The second-order valence-electron chi connectivity index (χ2n) is 7.95. The van der Waals surface area contributed by atoms with Crippen LogP contribution in [0.5, 0.6) is 0 Å². The molecular weight excluding hydrogens is 386 g/mol. The molecule has 0 aliphatic rings. The van der Waals surface area contributed by atoms with Crippen molar-refractivity contribution in [1.29, 1.82) is 0 Å². The van der Waals surface area contributed by atoms with Crippen molar-refractivity contribution >= 4 is 21.9 Å². The summed E-state index contributed by atoms with van der Waals surface area (Å²) < 4.78 is 7.22. The Morgan fingerprint density at radius 3 is 2.58 bits per heavy atom. The lowest BCUT2D eigenvalue weighted by atomic mass is 10.0. The average molecular weight is 409 g/mol. The third-order valence-electron chi connectivity index (χ3n) is 5.62. The summed E-state index contributed by atoms with van der Waals surface area (Å²) >= 11 is 0. The lowest BCUT2D eigenvalue weighted by Gasteiger charge is -2.13. The predicted octanol–water partition coefficient (Wildman–Crippen LogP) is 5.43. The lowest BCUT2D eigenvalue weighted by Crippen LogP contribution is -2.24. The van der Waals surface area contributed by atoms with Crippen LogP contribution in [0.15, 0.2) is 69.9 Å². The largest absolute Gasteiger partial charge is 0.441 e. The number of benzene rings is 3. The molecule has 0 N–H and O–H groups in total. The number of oxazole rings is 1. The molecule has 2 heterocycles. The maximum absolute atomic E-state index is 13.4. The smallest absolute Gasteiger partial charge is 0.274 e. The fourth-order valence-electron chi connectivity index (χ4n) is 4.02. The predicted molar refractivity (Wildman–Crippen MR) is 123 cm³/mol. The Balaban J connectivity index is 1.71. The lowest BCUT2D eigenvalue weighted by molar-refractivity contribution is 0.560. The van der Waals surface area contributed by atoms with Gasteiger partial charge in [-0.2, -0.15) is 5.10 Å². The number of aryl methyl sites for hydroxylation is 3. The van der Waals surface area contributed by atoms with Gasteiger partial charge in [0.05, 0.1) is 17.6 Å². The molecule has 0 spiro atoms. The standard InChI is InChI=1S/C26H23N3O2/c1-4-18-8-10-21-22(13-18)26(30)29(28-25(21)20-7-5-6-16(2)12-20)15-19-9-11-23-24(14-19)31-17(3)27-23/h5-14H,4,15H2,1-3H3. The fourth-order valence-corrected chi connectivity index (χ4v) is 4.02. The minimum absolute atomic E-state index is 0.0875. The second-order valence-corrected chi connectivity index (χ2v) is 7.95. The first-order chi connectivity index (χ1) is 15.0. The first-order valence-electron chi connectivity index (χ1n) is 10.5. The normalized spacial score (nSPS) is 11.5. The molecule has 0 fully saturated rings. The number of nitrogens with zero attached hydrogens (tertiary/aromatic N) is 3. The number of aromatic nitrogens is 3. The Kier molecular flexibility index (Phi) is 4.66. The van der Waals surface area contributed by atoms with Crippen LogP contribution >= 0.6 is 0 Å². The van der Waals surface area contributed by atoms with E-state index in [2.05, 4.69) is 37.0 Å². The summed E-state index contributed by atoms with van der Waals surface area (Å²) in [6, 6.07) is 20.1. The number of hydrogen-bond donors (Lipinski definition) is 0. The Labute approximate surface area is 180 Å². The van der Waals surface area contributed by atoms with Crippen LogP contribution in [-0.2, 0) is 13.0 Å². The molecule has 3 aromatic carbocycles. The molecule has 0 bridgehead atoms. The highest BCUT2D eigenvalue weighted by Gasteiger charge is 2.14. The van der Waals surface area contributed by atoms with Crippen molar-refractivity contribution in [3.05, 3.63) is 93.6 Å². The summed E-state index contributed by atoms with van der Waals surface area (Å²) in [4.78, 5) is 17.7. The fraction of sp³-hybridized carbons (Fsp3) is 0.192. The maximum Gasteiger partial charge on any atom is 0.274 e. The highest BCUT2D eigenvalue weighted by molar-refractivity contribution is 5.94. The molecule has 0 radical (unpaired) electrons. The quantitative estimate of drug-likeness (QED) is 0.397. The Morgan fingerprint density at radius 1 is 0.935 bits per heavy atom. The molecule has 0 atom stereocenters. The molecule has 0 amide bonds. The van der Waals surface area contributed by atoms with E-state index in [1.807, 2.05) is 49.4 Å². The second kappa shape index (κ2) is 7.51. The summed E-state index contributed by atoms with van der Waals surface area (Å²) in [5.41, 5.74) is 6.50. The first-order valence-corrected chi connectivity index (χ1v) is 10.5. The minimum Gasteiger partial charge on any atom is -0.441 e. The van der Waals surface area contributed by atoms with Crippen LogP contribution < -0.4 is 5.56 Å². The zero-order valence-corrected chi connectivity index (χ0v) is 17.8. The number of rotatable bonds is 4. The van der Waals surface area contributed by atoms with Crippen molar-refractivity contribution in [1.82, 2.24) is 14.8 Å². The zero-order chi connectivity index (χ0) is 21.5. The van der Waals surface area contributed by atoms with Crippen molar-refractivity contribution in [2.45, 2.75) is 33.7 Å². The van der Waals surface area contributed by atoms with Crippen molar-refractivity contribution in [3.63, 3.8) is 0 Å². The minimum atomic E-state index is -0.0875. The summed E-state index contributed by atoms with van der Waals surface area (Å²) in [6.07, 6.45) is 0.874. The van der Waals surface area contributed by atoms with Gasteiger partial charge in [-0.05, 0) is 48.7 Å². The van der Waals surface area contributed by atoms with E-state index in [0.717, 1.165) is 50.9 Å². The van der Waals surface area contributed by atoms with Crippen molar-refractivity contribution in [2.75, 3.05) is 0 Å². The molecule has 5 rings (SSSR count). The zero-order valence-electron chi connectivity index (χ0n) is 17.8. The summed E-state index contributed by atoms with van der Waals surface area (Å²) in [7, 11) is 0. The van der Waals surface area contributed by atoms with E-state index in [-0.39, 0.29) is 5.56 Å². The van der Waals surface area contributed by atoms with E-state index in [9.17, 15) is 4.79 Å². The highest BCUT2D eigenvalue weighted by atomic mass is 16.3. The number of hydrogen-bond acceptors (Lipinski definition) is 4. The van der Waals surface area contributed by atoms with Crippen molar-refractivity contribution in [3.8, 4) is 11.3 Å². The summed E-state index contributed by atoms with van der Waals surface area (Å²) in [5.74, 6) is 0.627. The third kappa shape index (κ3) is 3.52. The Bertz CT molecular complexity index is 1490. The van der Waals surface area contributed by atoms with E-state index < -0.39 is 0 Å². The molecule has 0 unspecified atom stereocenters. The average Bonchev–Trinajstić information content (AvgIpc) is 3.14. The molecule has 0 saturated heterocycles. The van der Waals surface area contributed by atoms with E-state index in [1.165, 1.54) is 0 Å². The third-order valence-corrected chi connectivity index (χ3v) is 5.62. The van der Waals surface area contributed by atoms with Crippen LogP contribution in [0.25, 0.3) is 33.1 Å². The van der Waals surface area contributed by atoms with Gasteiger partial charge in [-0.3, -0.25) is 4.79 Å². The van der Waals surface area contributed by atoms with Crippen LogP contribution in [0.2, 0.25) is 0 Å². The van der Waals surface area contributed by atoms with Crippen molar-refractivity contribution in [2.24, 2.45) is 0 Å². The van der Waals surface area contributed by atoms with Crippen LogP contribution in [-0.4, -0.2) is 14.8 Å². The van der Waals surface area contributed by atoms with Gasteiger partial charge in [-0.25, -0.2) is 9.67 Å². The molecule has 154 valence electrons. The van der Waals surface area contributed by atoms with Crippen LogP contribution in [0.1, 0.15) is 29.5 Å². The number of fused-ring (bicyclic) bond motifs is 2. The van der Waals surface area contributed by atoms with Crippen molar-refractivity contribution < 1.29 is 4.42 Å². The van der Waals surface area contributed by atoms with E-state index in [0.29, 0.717) is 17.8 Å². The monoisotopic (exact) mass is 409 g/mol. The molecule has 5 aromatic rings. The van der Waals surface area contributed by atoms with E-state index >= 15 is 0 Å². The van der Waals surface area contributed by atoms with Gasteiger partial charge in [0.25, 0.3) is 5.56 Å². The molecule has 5 heteroatoms. The van der Waals surface area contributed by atoms with Gasteiger partial charge in [0, 0.05) is 17.9 Å². The molecule has 2 aromatic heterocycles. The topological polar surface area (TPSA) is 60.9 Å². The molecule has 5 nitrogen and oxygen atoms in total. The molecule has 31 heavy (non-hydrogen) atoms. The Hall–Kier alpha value is -3.73. The Morgan fingerprint density at radius 2 is 1.77 bits per heavy atom.